The molecule has 2 amide bonds. The van der Waals surface area contributed by atoms with E-state index >= 15 is 0 Å². The van der Waals surface area contributed by atoms with E-state index in [1.165, 1.54) is 9.58 Å². The average Bonchev–Trinajstić information content (AvgIpc) is 3.14. The Labute approximate surface area is 191 Å². The summed E-state index contributed by atoms with van der Waals surface area (Å²) < 4.78 is 41.5. The summed E-state index contributed by atoms with van der Waals surface area (Å²) in [5, 5.41) is 6.56. The van der Waals surface area contributed by atoms with Crippen molar-refractivity contribution in [2.24, 2.45) is 5.92 Å². The molecule has 0 spiro atoms. The van der Waals surface area contributed by atoms with E-state index in [9.17, 15) is 22.8 Å². The molecule has 178 valence electrons. The van der Waals surface area contributed by atoms with Gasteiger partial charge in [-0.3, -0.25) is 14.3 Å². The fraction of sp³-hybridized carbons (Fsp3) is 0.542. The molecule has 9 heteroatoms. The summed E-state index contributed by atoms with van der Waals surface area (Å²) in [5.41, 5.74) is 0.502. The monoisotopic (exact) mass is 462 g/mol. The minimum atomic E-state index is -4.55. The largest absolute Gasteiger partial charge is 0.435 e. The summed E-state index contributed by atoms with van der Waals surface area (Å²) in [6, 6.07) is 8.41. The minimum absolute atomic E-state index is 0.201. The Bertz CT molecular complexity index is 999. The van der Waals surface area contributed by atoms with Crippen LogP contribution in [0.2, 0.25) is 0 Å². The van der Waals surface area contributed by atoms with Gasteiger partial charge in [0.05, 0.1) is 0 Å². The minimum Gasteiger partial charge on any atom is -0.343 e. The van der Waals surface area contributed by atoms with Crippen molar-refractivity contribution in [2.75, 3.05) is 11.9 Å². The number of nitrogens with one attached hydrogen (secondary N) is 1. The Morgan fingerprint density at radius 3 is 2.48 bits per heavy atom. The average molecular weight is 463 g/mol. The van der Waals surface area contributed by atoms with Gasteiger partial charge in [-0.1, -0.05) is 37.5 Å². The predicted molar refractivity (Wildman–Crippen MR) is 118 cm³/mol. The van der Waals surface area contributed by atoms with E-state index in [-0.39, 0.29) is 18.0 Å². The number of aromatic nitrogens is 2. The van der Waals surface area contributed by atoms with Crippen LogP contribution in [0, 0.1) is 5.92 Å². The van der Waals surface area contributed by atoms with Crippen LogP contribution in [-0.2, 0) is 35.2 Å². The molecular formula is C24H29F3N4O2. The molecule has 33 heavy (non-hydrogen) atoms. The lowest BCUT2D eigenvalue weighted by atomic mass is 9.80. The van der Waals surface area contributed by atoms with E-state index in [1.807, 2.05) is 30.3 Å². The lowest BCUT2D eigenvalue weighted by molar-refractivity contribution is -0.142. The van der Waals surface area contributed by atoms with E-state index < -0.39 is 23.8 Å². The zero-order chi connectivity index (χ0) is 23.6. The second-order valence-electron chi connectivity index (χ2n) is 9.02. The second kappa shape index (κ2) is 9.57. The molecule has 0 bridgehead atoms. The molecule has 1 aromatic carbocycles. The SMILES string of the molecule is CN(C(=O)[C@H](CC1CCC1)NC(=O)Cn1nc(C(F)(F)F)c2c1CCCC2)c1ccccc1. The summed E-state index contributed by atoms with van der Waals surface area (Å²) in [6.07, 6.45) is 1.32. The highest BCUT2D eigenvalue weighted by Crippen LogP contribution is 2.36. The van der Waals surface area contributed by atoms with Crippen molar-refractivity contribution in [3.8, 4) is 0 Å². The van der Waals surface area contributed by atoms with Crippen LogP contribution in [0.1, 0.15) is 55.5 Å². The lowest BCUT2D eigenvalue weighted by Crippen LogP contribution is -2.49. The number of alkyl halides is 3. The van der Waals surface area contributed by atoms with Gasteiger partial charge in [0.2, 0.25) is 11.8 Å². The molecule has 2 aliphatic rings. The standard InChI is InChI=1S/C24H29F3N4O2/c1-30(17-10-3-2-4-11-17)23(33)19(14-16-8-7-9-16)28-21(32)15-31-20-13-6-5-12-18(20)22(29-31)24(25,26)27/h2-4,10-11,16,19H,5-9,12-15H2,1H3,(H,28,32)/t19-/m0/s1. The van der Waals surface area contributed by atoms with Gasteiger partial charge in [-0.15, -0.1) is 0 Å². The number of likely N-dealkylation sites (N-methyl/N-ethyl adjacent to an activating group) is 1. The first-order valence-corrected chi connectivity index (χ1v) is 11.5. The highest BCUT2D eigenvalue weighted by Gasteiger charge is 2.40. The molecule has 1 fully saturated rings. The number of benzene rings is 1. The first kappa shape index (κ1) is 23.3. The number of para-hydroxylation sites is 1. The molecule has 0 saturated heterocycles. The number of rotatable bonds is 7. The number of carbonyl (C=O) groups is 2. The molecule has 2 aromatic rings. The number of hydrogen-bond acceptors (Lipinski definition) is 3. The van der Waals surface area contributed by atoms with Crippen LogP contribution >= 0.6 is 0 Å². The molecule has 0 aliphatic heterocycles. The number of fused-ring (bicyclic) bond motifs is 1. The topological polar surface area (TPSA) is 67.2 Å². The van der Waals surface area contributed by atoms with Gasteiger partial charge in [-0.2, -0.15) is 18.3 Å². The van der Waals surface area contributed by atoms with Crippen molar-refractivity contribution in [1.82, 2.24) is 15.1 Å². The van der Waals surface area contributed by atoms with Gasteiger partial charge in [0.1, 0.15) is 12.6 Å². The predicted octanol–water partition coefficient (Wildman–Crippen LogP) is 4.12. The van der Waals surface area contributed by atoms with Gasteiger partial charge in [-0.05, 0) is 50.2 Å². The zero-order valence-corrected chi connectivity index (χ0v) is 18.7. The Kier molecular flexibility index (Phi) is 6.76. The second-order valence-corrected chi connectivity index (χ2v) is 9.02. The first-order valence-electron chi connectivity index (χ1n) is 11.5. The molecular weight excluding hydrogens is 433 g/mol. The van der Waals surface area contributed by atoms with Gasteiger partial charge in [0.25, 0.3) is 0 Å². The Morgan fingerprint density at radius 2 is 1.85 bits per heavy atom. The summed E-state index contributed by atoms with van der Waals surface area (Å²) in [7, 11) is 1.66. The van der Waals surface area contributed by atoms with E-state index in [0.29, 0.717) is 43.0 Å². The summed E-state index contributed by atoms with van der Waals surface area (Å²) in [6.45, 7) is -0.331. The van der Waals surface area contributed by atoms with Gasteiger partial charge >= 0.3 is 6.18 Å². The number of nitrogens with zero attached hydrogens (tertiary/aromatic N) is 3. The molecule has 1 atom stereocenters. The molecule has 0 radical (unpaired) electrons. The molecule has 2 aliphatic carbocycles. The third-order valence-corrected chi connectivity index (χ3v) is 6.72. The highest BCUT2D eigenvalue weighted by atomic mass is 19.4. The van der Waals surface area contributed by atoms with Crippen LogP contribution in [0.15, 0.2) is 30.3 Å². The maximum Gasteiger partial charge on any atom is 0.435 e. The maximum absolute atomic E-state index is 13.5. The molecule has 1 N–H and O–H groups in total. The molecule has 1 heterocycles. The third kappa shape index (κ3) is 5.23. The summed E-state index contributed by atoms with van der Waals surface area (Å²) in [5.74, 6) is -0.378. The van der Waals surface area contributed by atoms with Gasteiger partial charge < -0.3 is 10.2 Å². The van der Waals surface area contributed by atoms with E-state index in [0.717, 1.165) is 25.7 Å². The van der Waals surface area contributed by atoms with Crippen LogP contribution in [0.25, 0.3) is 0 Å². The van der Waals surface area contributed by atoms with Crippen LogP contribution < -0.4 is 10.2 Å². The summed E-state index contributed by atoms with van der Waals surface area (Å²) >= 11 is 0. The fourth-order valence-corrected chi connectivity index (χ4v) is 4.70. The van der Waals surface area contributed by atoms with Crippen molar-refractivity contribution in [3.63, 3.8) is 0 Å². The van der Waals surface area contributed by atoms with E-state index in [4.69, 9.17) is 0 Å². The quantitative estimate of drug-likeness (QED) is 0.673. The molecule has 1 aromatic heterocycles. The van der Waals surface area contributed by atoms with Crippen LogP contribution in [-0.4, -0.2) is 34.7 Å². The van der Waals surface area contributed by atoms with E-state index in [2.05, 4.69) is 10.4 Å². The Balaban J connectivity index is 1.50. The number of anilines is 1. The highest BCUT2D eigenvalue weighted by molar-refractivity contribution is 5.98. The zero-order valence-electron chi connectivity index (χ0n) is 18.7. The fourth-order valence-electron chi connectivity index (χ4n) is 4.70. The lowest BCUT2D eigenvalue weighted by Gasteiger charge is -2.31. The van der Waals surface area contributed by atoms with Crippen LogP contribution in [0.3, 0.4) is 0 Å². The molecule has 4 rings (SSSR count). The molecule has 1 saturated carbocycles. The number of halogens is 3. The Morgan fingerprint density at radius 1 is 1.15 bits per heavy atom. The number of carbonyl (C=O) groups excluding carboxylic acids is 2. The Hall–Kier alpha value is -2.84. The van der Waals surface area contributed by atoms with Gasteiger partial charge in [0.15, 0.2) is 5.69 Å². The van der Waals surface area contributed by atoms with Crippen LogP contribution in [0.4, 0.5) is 18.9 Å². The molecule has 6 nitrogen and oxygen atoms in total. The number of hydrogen-bond donors (Lipinski definition) is 1. The van der Waals surface area contributed by atoms with Crippen molar-refractivity contribution >= 4 is 17.5 Å². The normalized spacial score (nSPS) is 17.1. The summed E-state index contributed by atoms with van der Waals surface area (Å²) in [4.78, 5) is 27.6. The maximum atomic E-state index is 13.5. The van der Waals surface area contributed by atoms with Crippen molar-refractivity contribution in [3.05, 3.63) is 47.3 Å². The third-order valence-electron chi connectivity index (χ3n) is 6.72. The molecule has 0 unspecified atom stereocenters. The smallest absolute Gasteiger partial charge is 0.343 e. The number of amides is 2. The van der Waals surface area contributed by atoms with Crippen molar-refractivity contribution in [2.45, 2.75) is 70.1 Å². The van der Waals surface area contributed by atoms with Crippen molar-refractivity contribution in [1.29, 1.82) is 0 Å². The first-order chi connectivity index (χ1) is 15.7. The van der Waals surface area contributed by atoms with Crippen molar-refractivity contribution < 1.29 is 22.8 Å². The van der Waals surface area contributed by atoms with Gasteiger partial charge in [0, 0.05) is 24.0 Å². The van der Waals surface area contributed by atoms with Gasteiger partial charge in [-0.25, -0.2) is 0 Å². The van der Waals surface area contributed by atoms with E-state index in [1.54, 1.807) is 7.05 Å². The van der Waals surface area contributed by atoms with Crippen LogP contribution in [0.5, 0.6) is 0 Å².